The number of rotatable bonds is 8. The molecule has 8 aromatic rings. The molecule has 8 aliphatic carbocycles. The van der Waals surface area contributed by atoms with Crippen molar-refractivity contribution in [1.82, 2.24) is 0 Å². The van der Waals surface area contributed by atoms with Gasteiger partial charge in [0, 0.05) is 0 Å². The van der Waals surface area contributed by atoms with Crippen LogP contribution in [0.1, 0.15) is 88.7 Å². The molecule has 0 heterocycles. The molecule has 0 amide bonds. The van der Waals surface area contributed by atoms with Crippen LogP contribution in [0.15, 0.2) is 146 Å². The van der Waals surface area contributed by atoms with Crippen molar-refractivity contribution in [3.8, 4) is 22.3 Å². The van der Waals surface area contributed by atoms with Crippen LogP contribution in [0, 0.1) is 59.2 Å². The Bertz CT molecular complexity index is 2790. The summed E-state index contributed by atoms with van der Waals surface area (Å²) >= 11 is 1.79. The Morgan fingerprint density at radius 1 is 0.456 bits per heavy atom. The summed E-state index contributed by atoms with van der Waals surface area (Å²) in [5, 5.41) is 11.0. The van der Waals surface area contributed by atoms with Gasteiger partial charge in [-0.05, 0) is 181 Å². The molecule has 0 nitrogen and oxygen atoms in total. The molecule has 0 radical (unpaired) electrons. The molecule has 0 N–H and O–H groups in total. The van der Waals surface area contributed by atoms with Crippen LogP contribution in [0.3, 0.4) is 0 Å². The molecule has 0 aromatic heterocycles. The standard InChI is InChI=1S/2C30H29.C4H10Si.2ClH.Zr/c2*1-2-5-23-18-25(9-8-22(23)4-1)28-7-3-6-24-11-21(17-30(24)28)16-29-26-12-19-10-20(14-26)15-27(29)13-19;1-3-4-5-2;;;/h2*1-9,11,17-20,26-27,29H,10,12-16H2;3-4H2,1-2H3;2*1H;/q2*-1;;;;+2/p-2. The maximum absolute atomic E-state index is 2.52. The van der Waals surface area contributed by atoms with E-state index in [1.54, 1.807) is 47.3 Å². The fraction of sp³-hybridized carbons (Fsp3) is 0.406. The predicted molar refractivity (Wildman–Crippen MR) is 280 cm³/mol. The van der Waals surface area contributed by atoms with E-state index in [1.807, 2.05) is 0 Å². The van der Waals surface area contributed by atoms with Crippen LogP contribution in [0.2, 0.25) is 12.6 Å². The summed E-state index contributed by atoms with van der Waals surface area (Å²) in [6, 6.07) is 56.4. The fourth-order valence-electron chi connectivity index (χ4n) is 15.7. The Balaban J connectivity index is 0.000000138. The first-order valence-electron chi connectivity index (χ1n) is 26.3. The molecular weight excluding hydrogens is 959 g/mol. The summed E-state index contributed by atoms with van der Waals surface area (Å²) in [6.07, 6.45) is 19.3. The fourth-order valence-corrected chi connectivity index (χ4v) is 18.3. The van der Waals surface area contributed by atoms with Gasteiger partial charge in [-0.15, -0.1) is 69.1 Å². The Labute approximate surface area is 434 Å². The molecule has 0 aliphatic heterocycles. The van der Waals surface area contributed by atoms with Gasteiger partial charge < -0.3 is 24.8 Å². The van der Waals surface area contributed by atoms with Crippen molar-refractivity contribution in [2.75, 3.05) is 0 Å². The van der Waals surface area contributed by atoms with E-state index in [4.69, 9.17) is 0 Å². The first-order chi connectivity index (χ1) is 32.4. The van der Waals surface area contributed by atoms with Crippen LogP contribution in [0.25, 0.3) is 65.3 Å². The maximum Gasteiger partial charge on any atom is -0.0178 e. The van der Waals surface area contributed by atoms with Crippen molar-refractivity contribution in [2.24, 2.45) is 59.2 Å². The number of benzene rings is 6. The zero-order chi connectivity index (χ0) is 44.3. The SMILES string of the molecule is CCC[Si](C)=[Zr+2].[Cl-].[Cl-].c1ccc2cc(-c3cccc4[cH-]c(CC5C6CC7CC(C6)CC5C7)cc34)ccc2c1.c1ccc2cc(-c3cccc4[cH-]c(CC5C6CC7CC(C6)CC5C7)cc34)ccc2c1. The van der Waals surface area contributed by atoms with Gasteiger partial charge in [-0.25, -0.2) is 0 Å². The minimum atomic E-state index is 0. The molecule has 68 heavy (non-hydrogen) atoms. The molecule has 0 unspecified atom stereocenters. The molecule has 0 saturated heterocycles. The van der Waals surface area contributed by atoms with Gasteiger partial charge in [-0.1, -0.05) is 96.1 Å². The molecule has 8 fully saturated rings. The van der Waals surface area contributed by atoms with Crippen molar-refractivity contribution >= 4 is 48.5 Å². The largest absolute Gasteiger partial charge is 1.00 e. The molecule has 8 saturated carbocycles. The third-order valence-corrected chi connectivity index (χ3v) is 21.2. The first kappa shape index (κ1) is 48.4. The summed E-state index contributed by atoms with van der Waals surface area (Å²) in [5.41, 5.74) is 8.81. The topological polar surface area (TPSA) is 0 Å². The zero-order valence-electron chi connectivity index (χ0n) is 40.3. The average Bonchev–Trinajstić information content (AvgIpc) is 3.95. The Morgan fingerprint density at radius 2 is 0.838 bits per heavy atom. The first-order valence-corrected chi connectivity index (χ1v) is 32.2. The molecular formula is C64H68Cl2SiZr-2. The van der Waals surface area contributed by atoms with Gasteiger partial charge in [0.05, 0.1) is 0 Å². The molecule has 8 aromatic carbocycles. The second-order valence-electron chi connectivity index (χ2n) is 22.6. The molecule has 0 spiro atoms. The van der Waals surface area contributed by atoms with Crippen LogP contribution >= 0.6 is 0 Å². The van der Waals surface area contributed by atoms with Crippen LogP contribution in [0.4, 0.5) is 0 Å². The third-order valence-electron chi connectivity index (χ3n) is 18.2. The second-order valence-corrected chi connectivity index (χ2v) is 31.0. The van der Waals surface area contributed by atoms with Gasteiger partial charge in [0.25, 0.3) is 0 Å². The van der Waals surface area contributed by atoms with Gasteiger partial charge >= 0.3 is 54.7 Å². The summed E-state index contributed by atoms with van der Waals surface area (Å²) in [6.45, 7) is 4.66. The van der Waals surface area contributed by atoms with Crippen molar-refractivity contribution in [2.45, 2.75) is 103 Å². The Morgan fingerprint density at radius 3 is 1.19 bits per heavy atom. The molecule has 348 valence electrons. The van der Waals surface area contributed by atoms with E-state index in [0.717, 1.165) is 59.2 Å². The number of hydrogen-bond acceptors (Lipinski definition) is 0. The monoisotopic (exact) mass is 1020 g/mol. The predicted octanol–water partition coefficient (Wildman–Crippen LogP) is 11.6. The number of hydrogen-bond donors (Lipinski definition) is 0. The van der Waals surface area contributed by atoms with E-state index in [0.29, 0.717) is 0 Å². The summed E-state index contributed by atoms with van der Waals surface area (Å²) in [5.74, 6) is 10.2. The van der Waals surface area contributed by atoms with Gasteiger partial charge in [-0.3, -0.25) is 0 Å². The van der Waals surface area contributed by atoms with E-state index >= 15 is 0 Å². The van der Waals surface area contributed by atoms with E-state index in [9.17, 15) is 0 Å². The molecule has 8 aliphatic rings. The summed E-state index contributed by atoms with van der Waals surface area (Å²) in [4.78, 5) is 0. The minimum Gasteiger partial charge on any atom is -1.00 e. The molecule has 8 bridgehead atoms. The normalized spacial score (nSPS) is 27.1. The van der Waals surface area contributed by atoms with E-state index < -0.39 is 0 Å². The molecule has 4 heteroatoms. The van der Waals surface area contributed by atoms with Crippen LogP contribution < -0.4 is 24.8 Å². The summed E-state index contributed by atoms with van der Waals surface area (Å²) < 4.78 is 0. The van der Waals surface area contributed by atoms with Crippen molar-refractivity contribution in [3.63, 3.8) is 0 Å². The quantitative estimate of drug-likeness (QED) is 0.105. The van der Waals surface area contributed by atoms with Crippen molar-refractivity contribution < 1.29 is 48.1 Å². The number of halogens is 2. The van der Waals surface area contributed by atoms with E-state index in [1.165, 1.54) is 142 Å². The molecule has 0 atom stereocenters. The third kappa shape index (κ3) is 9.86. The van der Waals surface area contributed by atoms with Crippen LogP contribution in [-0.2, 0) is 36.2 Å². The number of fused-ring (bicyclic) bond motifs is 4. The van der Waals surface area contributed by atoms with E-state index in [-0.39, 0.29) is 30.2 Å². The minimum absolute atomic E-state index is 0. The average molecular weight is 1030 g/mol. The summed E-state index contributed by atoms with van der Waals surface area (Å²) in [7, 11) is 0. The van der Waals surface area contributed by atoms with Gasteiger partial charge in [-0.2, -0.15) is 12.1 Å². The van der Waals surface area contributed by atoms with E-state index in [2.05, 4.69) is 159 Å². The Hall–Kier alpha value is -3.26. The van der Waals surface area contributed by atoms with Crippen molar-refractivity contribution in [1.29, 1.82) is 0 Å². The Kier molecular flexibility index (Phi) is 14.8. The van der Waals surface area contributed by atoms with Crippen LogP contribution in [0.5, 0.6) is 0 Å². The smallest absolute Gasteiger partial charge is 0.0178 e. The van der Waals surface area contributed by atoms with Crippen LogP contribution in [-0.4, -0.2) is 5.43 Å². The van der Waals surface area contributed by atoms with Gasteiger partial charge in [0.1, 0.15) is 0 Å². The zero-order valence-corrected chi connectivity index (χ0v) is 45.3. The van der Waals surface area contributed by atoms with Gasteiger partial charge in [0.2, 0.25) is 0 Å². The second kappa shape index (κ2) is 20.8. The van der Waals surface area contributed by atoms with Gasteiger partial charge in [0.15, 0.2) is 0 Å². The van der Waals surface area contributed by atoms with Crippen molar-refractivity contribution in [3.05, 3.63) is 157 Å². The maximum atomic E-state index is 2.52. The molecule has 16 rings (SSSR count).